The van der Waals surface area contributed by atoms with Crippen LogP contribution >= 0.6 is 11.8 Å². The summed E-state index contributed by atoms with van der Waals surface area (Å²) < 4.78 is 23.1. The quantitative estimate of drug-likeness (QED) is 0.369. The second-order valence-electron chi connectivity index (χ2n) is 7.70. The van der Waals surface area contributed by atoms with Gasteiger partial charge in [-0.2, -0.15) is 5.26 Å². The lowest BCUT2D eigenvalue weighted by Crippen LogP contribution is -2.17. The number of carbonyl (C=O) groups is 1. The van der Waals surface area contributed by atoms with Gasteiger partial charge in [-0.15, -0.1) is 10.2 Å². The van der Waals surface area contributed by atoms with Crippen molar-refractivity contribution in [3.05, 3.63) is 71.1 Å². The van der Waals surface area contributed by atoms with Gasteiger partial charge in [0.05, 0.1) is 23.9 Å². The molecule has 0 saturated carbocycles. The van der Waals surface area contributed by atoms with Crippen molar-refractivity contribution in [3.8, 4) is 17.5 Å². The van der Waals surface area contributed by atoms with Crippen LogP contribution in [-0.2, 0) is 18.4 Å². The van der Waals surface area contributed by atoms with Gasteiger partial charge in [0.2, 0.25) is 5.91 Å². The zero-order valence-electron chi connectivity index (χ0n) is 19.0. The highest BCUT2D eigenvalue weighted by Crippen LogP contribution is 2.28. The van der Waals surface area contributed by atoms with Crippen LogP contribution in [0.25, 0.3) is 11.4 Å². The molecule has 34 heavy (non-hydrogen) atoms. The van der Waals surface area contributed by atoms with E-state index in [2.05, 4.69) is 21.6 Å². The number of halogens is 1. The number of benzene rings is 1. The second kappa shape index (κ2) is 9.97. The van der Waals surface area contributed by atoms with E-state index in [1.807, 2.05) is 24.5 Å². The van der Waals surface area contributed by atoms with Crippen LogP contribution in [0.4, 0.5) is 10.2 Å². The minimum Gasteiger partial charge on any atom is -0.467 e. The summed E-state index contributed by atoms with van der Waals surface area (Å²) in [5.74, 6) is 1.45. The van der Waals surface area contributed by atoms with E-state index >= 15 is 0 Å². The number of hydrogen-bond acceptors (Lipinski definition) is 6. The molecule has 4 aromatic rings. The summed E-state index contributed by atoms with van der Waals surface area (Å²) in [6.45, 7) is 4.18. The molecule has 0 atom stereocenters. The Morgan fingerprint density at radius 3 is 2.74 bits per heavy atom. The molecule has 1 N–H and O–H groups in total. The van der Waals surface area contributed by atoms with Crippen LogP contribution in [0.5, 0.6) is 0 Å². The summed E-state index contributed by atoms with van der Waals surface area (Å²) >= 11 is 1.35. The van der Waals surface area contributed by atoms with Crippen molar-refractivity contribution in [3.63, 3.8) is 0 Å². The normalized spacial score (nSPS) is 10.9. The fraction of sp³-hybridized carbons (Fsp3) is 0.250. The van der Waals surface area contributed by atoms with Crippen LogP contribution in [0, 0.1) is 31.0 Å². The average Bonchev–Trinajstić information content (AvgIpc) is 3.51. The number of rotatable bonds is 8. The number of anilines is 1. The molecule has 0 saturated heterocycles. The predicted molar refractivity (Wildman–Crippen MR) is 127 cm³/mol. The van der Waals surface area contributed by atoms with Gasteiger partial charge in [-0.1, -0.05) is 23.9 Å². The molecule has 174 valence electrons. The van der Waals surface area contributed by atoms with Crippen molar-refractivity contribution in [2.75, 3.05) is 11.1 Å². The van der Waals surface area contributed by atoms with Crippen LogP contribution in [0.1, 0.15) is 29.0 Å². The number of nitriles is 1. The fourth-order valence-corrected chi connectivity index (χ4v) is 4.48. The maximum atomic E-state index is 14.1. The Bertz CT molecular complexity index is 1370. The van der Waals surface area contributed by atoms with Gasteiger partial charge in [0.1, 0.15) is 23.5 Å². The van der Waals surface area contributed by atoms with E-state index < -0.39 is 0 Å². The van der Waals surface area contributed by atoms with Crippen molar-refractivity contribution in [2.45, 2.75) is 32.0 Å². The third-order valence-electron chi connectivity index (χ3n) is 5.60. The van der Waals surface area contributed by atoms with Gasteiger partial charge in [0.25, 0.3) is 0 Å². The zero-order chi connectivity index (χ0) is 24.2. The highest BCUT2D eigenvalue weighted by Gasteiger charge is 2.21. The van der Waals surface area contributed by atoms with Crippen LogP contribution in [0.15, 0.2) is 52.2 Å². The van der Waals surface area contributed by atoms with Crippen LogP contribution < -0.4 is 5.32 Å². The highest BCUT2D eigenvalue weighted by molar-refractivity contribution is 7.99. The largest absolute Gasteiger partial charge is 0.467 e. The number of hydrogen-bond donors (Lipinski definition) is 1. The molecule has 10 heteroatoms. The molecule has 3 heterocycles. The third kappa shape index (κ3) is 4.61. The van der Waals surface area contributed by atoms with E-state index in [4.69, 9.17) is 4.42 Å². The number of aromatic nitrogens is 4. The van der Waals surface area contributed by atoms with Gasteiger partial charge in [-0.3, -0.25) is 4.79 Å². The number of nitrogens with one attached hydrogen (secondary N) is 1. The summed E-state index contributed by atoms with van der Waals surface area (Å²) in [5.41, 5.74) is 2.51. The molecule has 0 aliphatic rings. The van der Waals surface area contributed by atoms with Gasteiger partial charge in [0.15, 0.2) is 11.0 Å². The summed E-state index contributed by atoms with van der Waals surface area (Å²) in [6.07, 6.45) is 1.78. The van der Waals surface area contributed by atoms with Gasteiger partial charge in [-0.25, -0.2) is 4.39 Å². The number of furan rings is 1. The molecule has 0 spiro atoms. The number of nitrogens with zero attached hydrogens (tertiary/aromatic N) is 5. The molecule has 8 nitrogen and oxygen atoms in total. The molecular weight excluding hydrogens is 455 g/mol. The van der Waals surface area contributed by atoms with E-state index in [1.54, 1.807) is 42.1 Å². The summed E-state index contributed by atoms with van der Waals surface area (Å²) in [4.78, 5) is 12.7. The van der Waals surface area contributed by atoms with Gasteiger partial charge < -0.3 is 18.9 Å². The standard InChI is InChI=1S/C24H23FN6O2S/c1-15-16(2)31(14-17-7-6-11-33-17)22(19(15)13-26)27-21(32)10-12-34-24-29-28-23(30(24)3)18-8-4-5-9-20(18)25/h4-9,11H,10,12,14H2,1-3H3,(H,27,32). The van der Waals surface area contributed by atoms with E-state index in [1.165, 1.54) is 17.8 Å². The highest BCUT2D eigenvalue weighted by atomic mass is 32.2. The molecule has 4 rings (SSSR count). The third-order valence-corrected chi connectivity index (χ3v) is 6.62. The zero-order valence-corrected chi connectivity index (χ0v) is 19.8. The lowest BCUT2D eigenvalue weighted by molar-refractivity contribution is -0.115. The van der Waals surface area contributed by atoms with Crippen LogP contribution in [0.3, 0.4) is 0 Å². The lowest BCUT2D eigenvalue weighted by atomic mass is 10.2. The van der Waals surface area contributed by atoms with Crippen molar-refractivity contribution in [2.24, 2.45) is 7.05 Å². The maximum absolute atomic E-state index is 14.1. The topological polar surface area (TPSA) is 102 Å². The molecule has 1 aromatic carbocycles. The molecule has 0 unspecified atom stereocenters. The van der Waals surface area contributed by atoms with Crippen molar-refractivity contribution in [1.82, 2.24) is 19.3 Å². The minimum absolute atomic E-state index is 0.196. The van der Waals surface area contributed by atoms with Crippen LogP contribution in [-0.4, -0.2) is 31.0 Å². The van der Waals surface area contributed by atoms with Gasteiger partial charge in [-0.05, 0) is 43.7 Å². The molecule has 0 aliphatic heterocycles. The van der Waals surface area contributed by atoms with E-state index in [-0.39, 0.29) is 18.1 Å². The molecule has 0 radical (unpaired) electrons. The van der Waals surface area contributed by atoms with Crippen molar-refractivity contribution in [1.29, 1.82) is 5.26 Å². The van der Waals surface area contributed by atoms with Gasteiger partial charge in [0, 0.05) is 24.9 Å². The molecule has 1 amide bonds. The molecular formula is C24H23FN6O2S. The lowest BCUT2D eigenvalue weighted by Gasteiger charge is -2.12. The first-order valence-electron chi connectivity index (χ1n) is 10.6. The molecule has 0 fully saturated rings. The summed E-state index contributed by atoms with van der Waals surface area (Å²) in [7, 11) is 1.76. The number of thioether (sulfide) groups is 1. The Morgan fingerprint density at radius 2 is 2.03 bits per heavy atom. The van der Waals surface area contributed by atoms with Crippen molar-refractivity contribution < 1.29 is 13.6 Å². The first kappa shape index (κ1) is 23.3. The molecule has 0 bridgehead atoms. The average molecular weight is 479 g/mol. The minimum atomic E-state index is -0.370. The fourth-order valence-electron chi connectivity index (χ4n) is 3.63. The summed E-state index contributed by atoms with van der Waals surface area (Å²) in [5, 5.41) is 21.4. The smallest absolute Gasteiger partial charge is 0.226 e. The SMILES string of the molecule is Cc1c(C#N)c(NC(=O)CCSc2nnc(-c3ccccc3F)n2C)n(Cc2ccco2)c1C. The van der Waals surface area contributed by atoms with E-state index in [0.29, 0.717) is 40.2 Å². The second-order valence-corrected chi connectivity index (χ2v) is 8.77. The van der Waals surface area contributed by atoms with E-state index in [0.717, 1.165) is 17.0 Å². The van der Waals surface area contributed by atoms with Gasteiger partial charge >= 0.3 is 0 Å². The first-order valence-corrected chi connectivity index (χ1v) is 11.6. The Balaban J connectivity index is 1.43. The molecule has 3 aromatic heterocycles. The van der Waals surface area contributed by atoms with Crippen molar-refractivity contribution >= 4 is 23.5 Å². The van der Waals surface area contributed by atoms with E-state index in [9.17, 15) is 14.4 Å². The number of amides is 1. The Labute approximate surface area is 200 Å². The predicted octanol–water partition coefficient (Wildman–Crippen LogP) is 4.67. The Morgan fingerprint density at radius 1 is 1.24 bits per heavy atom. The number of carbonyl (C=O) groups excluding carboxylic acids is 1. The Hall–Kier alpha value is -3.84. The first-order chi connectivity index (χ1) is 16.4. The summed E-state index contributed by atoms with van der Waals surface area (Å²) in [6, 6.07) is 12.2. The Kier molecular flexibility index (Phi) is 6.84. The monoisotopic (exact) mass is 478 g/mol. The molecule has 0 aliphatic carbocycles. The maximum Gasteiger partial charge on any atom is 0.226 e. The van der Waals surface area contributed by atoms with Crippen LogP contribution in [0.2, 0.25) is 0 Å².